The maximum atomic E-state index is 13.0. The van der Waals surface area contributed by atoms with Crippen LogP contribution in [0.5, 0.6) is 0 Å². The summed E-state index contributed by atoms with van der Waals surface area (Å²) in [6, 6.07) is 16.3. The lowest BCUT2D eigenvalue weighted by molar-refractivity contribution is -0.122. The van der Waals surface area contributed by atoms with Gasteiger partial charge in [0.15, 0.2) is 0 Å². The molecule has 1 aliphatic carbocycles. The van der Waals surface area contributed by atoms with Gasteiger partial charge in [-0.1, -0.05) is 24.3 Å². The molecule has 1 spiro atoms. The van der Waals surface area contributed by atoms with Gasteiger partial charge in [-0.3, -0.25) is 14.9 Å². The number of methoxy groups -OCH3 is 1. The average molecular weight is 615 g/mol. The number of anilines is 2. The predicted octanol–water partition coefficient (Wildman–Crippen LogP) is 4.85. The molecule has 45 heavy (non-hydrogen) atoms. The van der Waals surface area contributed by atoms with Crippen LogP contribution in [0.1, 0.15) is 61.9 Å². The van der Waals surface area contributed by atoms with Crippen LogP contribution in [0.2, 0.25) is 0 Å². The summed E-state index contributed by atoms with van der Waals surface area (Å²) in [5, 5.41) is 8.67. The van der Waals surface area contributed by atoms with Crippen molar-refractivity contribution >= 4 is 29.4 Å². The molecule has 2 aliphatic rings. The van der Waals surface area contributed by atoms with E-state index in [0.29, 0.717) is 41.7 Å². The van der Waals surface area contributed by atoms with E-state index in [-0.39, 0.29) is 29.8 Å². The van der Waals surface area contributed by atoms with E-state index in [1.54, 1.807) is 31.4 Å². The number of carbonyl (C=O) groups is 3. The number of hydrogen-bond donors (Lipinski definition) is 3. The van der Waals surface area contributed by atoms with Crippen molar-refractivity contribution in [1.82, 2.24) is 20.6 Å². The van der Waals surface area contributed by atoms with E-state index in [4.69, 9.17) is 9.47 Å². The molecule has 0 unspecified atom stereocenters. The Labute approximate surface area is 264 Å². The largest absolute Gasteiger partial charge is 0.444 e. The van der Waals surface area contributed by atoms with Crippen molar-refractivity contribution in [1.29, 1.82) is 0 Å². The van der Waals surface area contributed by atoms with E-state index in [2.05, 4.69) is 30.8 Å². The minimum atomic E-state index is -0.574. The summed E-state index contributed by atoms with van der Waals surface area (Å²) in [4.78, 5) is 49.4. The molecule has 3 amide bonds. The van der Waals surface area contributed by atoms with Gasteiger partial charge in [0.25, 0.3) is 5.91 Å². The van der Waals surface area contributed by atoms with Crippen LogP contribution in [-0.4, -0.2) is 66.3 Å². The van der Waals surface area contributed by atoms with Gasteiger partial charge >= 0.3 is 6.09 Å². The highest BCUT2D eigenvalue weighted by atomic mass is 16.6. The van der Waals surface area contributed by atoms with Crippen LogP contribution >= 0.6 is 0 Å². The SMILES string of the molecule is COCCNC(=O)[C@@H]1CC2(CC2)CN1c1cc(CNC(=O)c2ccc(-c3ccc(NC(=O)OC(C)(C)C)cc3)cc2)nc(C)n1. The Balaban J connectivity index is 1.19. The number of hydrogen-bond acceptors (Lipinski definition) is 8. The Hall–Kier alpha value is -4.51. The Morgan fingerprint density at radius 2 is 1.64 bits per heavy atom. The molecular formula is C34H42N6O5. The summed E-state index contributed by atoms with van der Waals surface area (Å²) in [5.74, 6) is 1.06. The third kappa shape index (κ3) is 8.36. The highest BCUT2D eigenvalue weighted by Crippen LogP contribution is 2.55. The first kappa shape index (κ1) is 31.9. The number of nitrogens with zero attached hydrogens (tertiary/aromatic N) is 3. The first-order chi connectivity index (χ1) is 21.4. The second-order valence-corrected chi connectivity index (χ2v) is 12.9. The fourth-order valence-corrected chi connectivity index (χ4v) is 5.57. The van der Waals surface area contributed by atoms with Crippen LogP contribution < -0.4 is 20.9 Å². The highest BCUT2D eigenvalue weighted by Gasteiger charge is 2.54. The molecule has 11 heteroatoms. The molecule has 1 atom stereocenters. The van der Waals surface area contributed by atoms with Crippen molar-refractivity contribution < 1.29 is 23.9 Å². The Morgan fingerprint density at radius 1 is 0.978 bits per heavy atom. The molecule has 11 nitrogen and oxygen atoms in total. The smallest absolute Gasteiger partial charge is 0.412 e. The topological polar surface area (TPSA) is 135 Å². The lowest BCUT2D eigenvalue weighted by Crippen LogP contribution is -2.44. The van der Waals surface area contributed by atoms with Gasteiger partial charge in [-0.2, -0.15) is 0 Å². The number of benzene rings is 2. The first-order valence-corrected chi connectivity index (χ1v) is 15.3. The van der Waals surface area contributed by atoms with Crippen LogP contribution in [0.4, 0.5) is 16.3 Å². The van der Waals surface area contributed by atoms with E-state index >= 15 is 0 Å². The van der Waals surface area contributed by atoms with Crippen LogP contribution in [0.3, 0.4) is 0 Å². The number of carbonyl (C=O) groups excluding carboxylic acids is 3. The zero-order valence-corrected chi connectivity index (χ0v) is 26.6. The maximum absolute atomic E-state index is 13.0. The molecule has 2 fully saturated rings. The Morgan fingerprint density at radius 3 is 2.27 bits per heavy atom. The van der Waals surface area contributed by atoms with Gasteiger partial charge in [-0.05, 0) is 87.8 Å². The highest BCUT2D eigenvalue weighted by molar-refractivity contribution is 5.94. The number of ether oxygens (including phenoxy) is 2. The van der Waals surface area contributed by atoms with Crippen molar-refractivity contribution in [2.45, 2.75) is 65.1 Å². The zero-order valence-electron chi connectivity index (χ0n) is 26.6. The summed E-state index contributed by atoms with van der Waals surface area (Å²) in [5.41, 5.74) is 3.32. The van der Waals surface area contributed by atoms with E-state index in [1.807, 2.05) is 58.0 Å². The molecule has 238 valence electrons. The molecule has 3 N–H and O–H groups in total. The minimum absolute atomic E-state index is 0.0150. The molecule has 1 aromatic heterocycles. The second kappa shape index (κ2) is 13.2. The van der Waals surface area contributed by atoms with E-state index in [9.17, 15) is 14.4 Å². The lowest BCUT2D eigenvalue weighted by Gasteiger charge is -2.25. The lowest BCUT2D eigenvalue weighted by atomic mass is 10.0. The number of aryl methyl sites for hydroxylation is 1. The van der Waals surface area contributed by atoms with Gasteiger partial charge in [0, 0.05) is 37.5 Å². The van der Waals surface area contributed by atoms with Crippen molar-refractivity contribution in [2.24, 2.45) is 5.41 Å². The molecule has 1 saturated carbocycles. The van der Waals surface area contributed by atoms with Gasteiger partial charge in [0.1, 0.15) is 23.3 Å². The molecule has 2 heterocycles. The average Bonchev–Trinajstić information content (AvgIpc) is 3.64. The van der Waals surface area contributed by atoms with Crippen LogP contribution in [-0.2, 0) is 20.8 Å². The molecule has 2 aromatic carbocycles. The van der Waals surface area contributed by atoms with Gasteiger partial charge in [0.05, 0.1) is 18.8 Å². The normalized spacial score (nSPS) is 16.7. The Bertz CT molecular complexity index is 1530. The van der Waals surface area contributed by atoms with E-state index in [1.165, 1.54) is 0 Å². The van der Waals surface area contributed by atoms with Crippen molar-refractivity contribution in [3.05, 3.63) is 71.7 Å². The van der Waals surface area contributed by atoms with Gasteiger partial charge in [0.2, 0.25) is 5.91 Å². The summed E-state index contributed by atoms with van der Waals surface area (Å²) in [7, 11) is 1.61. The number of nitrogens with one attached hydrogen (secondary N) is 3. The monoisotopic (exact) mass is 614 g/mol. The van der Waals surface area contributed by atoms with Crippen LogP contribution in [0.15, 0.2) is 54.6 Å². The van der Waals surface area contributed by atoms with E-state index in [0.717, 1.165) is 36.9 Å². The van der Waals surface area contributed by atoms with Gasteiger partial charge in [-0.15, -0.1) is 0 Å². The minimum Gasteiger partial charge on any atom is -0.444 e. The summed E-state index contributed by atoms with van der Waals surface area (Å²) < 4.78 is 10.4. The van der Waals surface area contributed by atoms with Crippen molar-refractivity contribution in [2.75, 3.05) is 37.0 Å². The summed E-state index contributed by atoms with van der Waals surface area (Å²) in [6.07, 6.45) is 2.54. The summed E-state index contributed by atoms with van der Waals surface area (Å²) in [6.45, 7) is 9.21. The molecule has 0 radical (unpaired) electrons. The molecule has 1 aliphatic heterocycles. The maximum Gasteiger partial charge on any atom is 0.412 e. The first-order valence-electron chi connectivity index (χ1n) is 15.3. The fraction of sp³-hybridized carbons (Fsp3) is 0.441. The third-order valence-corrected chi connectivity index (χ3v) is 7.99. The summed E-state index contributed by atoms with van der Waals surface area (Å²) >= 11 is 0. The number of amides is 3. The van der Waals surface area contributed by atoms with Crippen molar-refractivity contribution in [3.8, 4) is 11.1 Å². The van der Waals surface area contributed by atoms with Crippen LogP contribution in [0.25, 0.3) is 11.1 Å². The molecule has 5 rings (SSSR count). The van der Waals surface area contributed by atoms with E-state index < -0.39 is 11.7 Å². The fourth-order valence-electron chi connectivity index (χ4n) is 5.57. The second-order valence-electron chi connectivity index (χ2n) is 12.9. The molecule has 0 bridgehead atoms. The Kier molecular flexibility index (Phi) is 9.38. The standard InChI is InChI=1S/C34H42N6O5/c1-22-37-27(18-29(38-22)40-21-34(14-15-34)19-28(40)31(42)35-16-17-44-5)20-36-30(41)25-8-6-23(7-9-25)24-10-12-26(13-11-24)39-32(43)45-33(2,3)4/h6-13,18,28H,14-17,19-21H2,1-5H3,(H,35,42)(H,36,41)(H,39,43)/t28-/m0/s1. The van der Waals surface area contributed by atoms with Gasteiger partial charge < -0.3 is 25.0 Å². The molecule has 1 saturated heterocycles. The molecular weight excluding hydrogens is 572 g/mol. The predicted molar refractivity (Wildman–Crippen MR) is 172 cm³/mol. The molecule has 3 aromatic rings. The number of aromatic nitrogens is 2. The van der Waals surface area contributed by atoms with Crippen molar-refractivity contribution in [3.63, 3.8) is 0 Å². The van der Waals surface area contributed by atoms with Gasteiger partial charge in [-0.25, -0.2) is 14.8 Å². The quantitative estimate of drug-likeness (QED) is 0.276. The van der Waals surface area contributed by atoms with Crippen LogP contribution in [0, 0.1) is 12.3 Å². The third-order valence-electron chi connectivity index (χ3n) is 7.99. The zero-order chi connectivity index (χ0) is 32.2. The number of rotatable bonds is 10.